The predicted molar refractivity (Wildman–Crippen MR) is 51.6 cm³/mol. The number of hydrogen-bond donors (Lipinski definition) is 0. The van der Waals surface area contributed by atoms with Gasteiger partial charge in [0.25, 0.3) is 0 Å². The minimum Gasteiger partial charge on any atom is -0.297 e. The first kappa shape index (κ1) is 11.2. The van der Waals surface area contributed by atoms with Crippen LogP contribution in [0.5, 0.6) is 0 Å². The molecule has 4 nitrogen and oxygen atoms in total. The third kappa shape index (κ3) is 2.53. The van der Waals surface area contributed by atoms with E-state index in [4.69, 9.17) is 9.05 Å². The summed E-state index contributed by atoms with van der Waals surface area (Å²) in [7, 11) is -2.95. The van der Waals surface area contributed by atoms with Gasteiger partial charge in [-0.05, 0) is 13.3 Å². The van der Waals surface area contributed by atoms with E-state index >= 15 is 0 Å². The summed E-state index contributed by atoms with van der Waals surface area (Å²) in [6.45, 7) is 7.76. The molecule has 0 N–H and O–H groups in total. The molecule has 0 saturated carbocycles. The lowest BCUT2D eigenvalue weighted by atomic mass is 10.3. The Hall–Kier alpha value is 0.110. The Kier molecular flexibility index (Phi) is 3.92. The lowest BCUT2D eigenvalue weighted by molar-refractivity contribution is 0.0654. The Bertz CT molecular complexity index is 206. The van der Waals surface area contributed by atoms with E-state index in [1.807, 2.05) is 20.8 Å². The monoisotopic (exact) mass is 207 g/mol. The predicted octanol–water partition coefficient (Wildman–Crippen LogP) is 2.26. The van der Waals surface area contributed by atoms with Crippen molar-refractivity contribution in [3.63, 3.8) is 0 Å². The molecule has 0 unspecified atom stereocenters. The summed E-state index contributed by atoms with van der Waals surface area (Å²) >= 11 is 0. The second-order valence-electron chi connectivity index (χ2n) is 3.15. The summed E-state index contributed by atoms with van der Waals surface area (Å²) < 4.78 is 24.5. The molecule has 1 aliphatic rings. The zero-order chi connectivity index (χ0) is 9.90. The molecule has 1 fully saturated rings. The molecule has 13 heavy (non-hydrogen) atoms. The molecule has 0 aromatic carbocycles. The fourth-order valence-corrected chi connectivity index (χ4v) is 3.31. The van der Waals surface area contributed by atoms with Crippen LogP contribution in [-0.4, -0.2) is 30.5 Å². The SMILES string of the molecule is CCN(CC)[P@]1(=O)OCC[C@@H](C)O1. The molecule has 0 amide bonds. The summed E-state index contributed by atoms with van der Waals surface area (Å²) in [6, 6.07) is 0. The summed E-state index contributed by atoms with van der Waals surface area (Å²) in [6.07, 6.45) is 0.866. The number of hydrogen-bond acceptors (Lipinski definition) is 3. The van der Waals surface area contributed by atoms with Crippen LogP contribution in [0.2, 0.25) is 0 Å². The van der Waals surface area contributed by atoms with Gasteiger partial charge in [0, 0.05) is 13.1 Å². The standard InChI is InChI=1S/C8H18NO3P/c1-4-9(5-2)13(10)11-7-6-8(3)12-13/h8H,4-7H2,1-3H3/t8-,13+/m1/s1. The largest absolute Gasteiger partial charge is 0.408 e. The van der Waals surface area contributed by atoms with Gasteiger partial charge in [0.15, 0.2) is 0 Å². The topological polar surface area (TPSA) is 38.8 Å². The Morgan fingerprint density at radius 2 is 2.08 bits per heavy atom. The minimum absolute atomic E-state index is 0.0418. The molecular weight excluding hydrogens is 189 g/mol. The Balaban J connectivity index is 2.67. The van der Waals surface area contributed by atoms with Crippen molar-refractivity contribution in [1.29, 1.82) is 0 Å². The van der Waals surface area contributed by atoms with Crippen molar-refractivity contribution < 1.29 is 13.6 Å². The van der Waals surface area contributed by atoms with Crippen LogP contribution in [0, 0.1) is 0 Å². The van der Waals surface area contributed by atoms with E-state index in [1.54, 1.807) is 4.67 Å². The van der Waals surface area contributed by atoms with Gasteiger partial charge in [-0.2, -0.15) is 0 Å². The summed E-state index contributed by atoms with van der Waals surface area (Å²) in [5.74, 6) is 0. The highest BCUT2D eigenvalue weighted by Gasteiger charge is 2.36. The molecule has 0 aromatic heterocycles. The van der Waals surface area contributed by atoms with E-state index in [1.165, 1.54) is 0 Å². The van der Waals surface area contributed by atoms with E-state index < -0.39 is 7.75 Å². The normalized spacial score (nSPS) is 35.2. The van der Waals surface area contributed by atoms with Crippen LogP contribution in [0.3, 0.4) is 0 Å². The Labute approximate surface area is 79.8 Å². The maximum Gasteiger partial charge on any atom is 0.408 e. The highest BCUT2D eigenvalue weighted by molar-refractivity contribution is 7.51. The molecule has 0 bridgehead atoms. The van der Waals surface area contributed by atoms with Crippen molar-refractivity contribution in [1.82, 2.24) is 4.67 Å². The van der Waals surface area contributed by atoms with Gasteiger partial charge in [0.2, 0.25) is 0 Å². The average Bonchev–Trinajstić information content (AvgIpc) is 2.05. The summed E-state index contributed by atoms with van der Waals surface area (Å²) in [4.78, 5) is 0. The van der Waals surface area contributed by atoms with Crippen molar-refractivity contribution in [2.45, 2.75) is 33.3 Å². The van der Waals surface area contributed by atoms with Crippen molar-refractivity contribution in [2.75, 3.05) is 19.7 Å². The van der Waals surface area contributed by atoms with Crippen molar-refractivity contribution >= 4 is 7.75 Å². The molecular formula is C8H18NO3P. The summed E-state index contributed by atoms with van der Waals surface area (Å²) in [5.41, 5.74) is 0. The van der Waals surface area contributed by atoms with E-state index in [0.29, 0.717) is 19.7 Å². The van der Waals surface area contributed by atoms with Crippen LogP contribution in [0.1, 0.15) is 27.2 Å². The lowest BCUT2D eigenvalue weighted by Crippen LogP contribution is -2.28. The fourth-order valence-electron chi connectivity index (χ4n) is 1.36. The second-order valence-corrected chi connectivity index (χ2v) is 5.12. The van der Waals surface area contributed by atoms with Gasteiger partial charge >= 0.3 is 7.75 Å². The fraction of sp³-hybridized carbons (Fsp3) is 1.00. The van der Waals surface area contributed by atoms with Gasteiger partial charge in [0.1, 0.15) is 0 Å². The van der Waals surface area contributed by atoms with Crippen LogP contribution in [0.15, 0.2) is 0 Å². The van der Waals surface area contributed by atoms with Crippen molar-refractivity contribution in [3.8, 4) is 0 Å². The van der Waals surface area contributed by atoms with Crippen LogP contribution in [-0.2, 0) is 13.6 Å². The van der Waals surface area contributed by atoms with Crippen molar-refractivity contribution in [2.24, 2.45) is 0 Å². The van der Waals surface area contributed by atoms with Crippen LogP contribution in [0.4, 0.5) is 0 Å². The first-order valence-corrected chi connectivity index (χ1v) is 6.30. The number of nitrogens with zero attached hydrogens (tertiary/aromatic N) is 1. The van der Waals surface area contributed by atoms with Gasteiger partial charge in [0.05, 0.1) is 12.7 Å². The minimum atomic E-state index is -2.95. The van der Waals surface area contributed by atoms with E-state index in [0.717, 1.165) is 6.42 Å². The number of rotatable bonds is 3. The second kappa shape index (κ2) is 4.56. The quantitative estimate of drug-likeness (QED) is 0.665. The Morgan fingerprint density at radius 1 is 1.46 bits per heavy atom. The lowest BCUT2D eigenvalue weighted by Gasteiger charge is -2.33. The first-order chi connectivity index (χ1) is 6.12. The molecule has 2 atom stereocenters. The third-order valence-corrected chi connectivity index (χ3v) is 4.56. The highest BCUT2D eigenvalue weighted by atomic mass is 31.2. The van der Waals surface area contributed by atoms with Gasteiger partial charge in [-0.25, -0.2) is 9.24 Å². The molecule has 0 aromatic rings. The molecule has 5 heteroatoms. The third-order valence-electron chi connectivity index (χ3n) is 2.17. The zero-order valence-corrected chi connectivity index (χ0v) is 9.42. The van der Waals surface area contributed by atoms with Crippen molar-refractivity contribution in [3.05, 3.63) is 0 Å². The average molecular weight is 207 g/mol. The summed E-state index contributed by atoms with van der Waals surface area (Å²) in [5, 5.41) is 0. The van der Waals surface area contributed by atoms with E-state index in [9.17, 15) is 4.57 Å². The zero-order valence-electron chi connectivity index (χ0n) is 8.52. The molecule has 0 aliphatic carbocycles. The van der Waals surface area contributed by atoms with Gasteiger partial charge in [-0.1, -0.05) is 13.8 Å². The van der Waals surface area contributed by atoms with Crippen LogP contribution >= 0.6 is 7.75 Å². The van der Waals surface area contributed by atoms with Crippen LogP contribution < -0.4 is 0 Å². The molecule has 0 spiro atoms. The molecule has 1 rings (SSSR count). The van der Waals surface area contributed by atoms with Crippen LogP contribution in [0.25, 0.3) is 0 Å². The molecule has 0 radical (unpaired) electrons. The van der Waals surface area contributed by atoms with Gasteiger partial charge in [-0.15, -0.1) is 0 Å². The molecule has 1 saturated heterocycles. The molecule has 1 aliphatic heterocycles. The van der Waals surface area contributed by atoms with E-state index in [-0.39, 0.29) is 6.10 Å². The van der Waals surface area contributed by atoms with Gasteiger partial charge < -0.3 is 0 Å². The first-order valence-electron chi connectivity index (χ1n) is 4.80. The molecule has 1 heterocycles. The van der Waals surface area contributed by atoms with Gasteiger partial charge in [-0.3, -0.25) is 9.05 Å². The maximum atomic E-state index is 12.1. The highest BCUT2D eigenvalue weighted by Crippen LogP contribution is 2.55. The van der Waals surface area contributed by atoms with E-state index in [2.05, 4.69) is 0 Å². The molecule has 78 valence electrons. The Morgan fingerprint density at radius 3 is 2.54 bits per heavy atom. The maximum absolute atomic E-state index is 12.1. The smallest absolute Gasteiger partial charge is 0.297 e.